The minimum absolute atomic E-state index is 0.270. The van der Waals surface area contributed by atoms with E-state index in [1.807, 2.05) is 0 Å². The third-order valence-corrected chi connectivity index (χ3v) is 5.49. The number of halogens is 2. The summed E-state index contributed by atoms with van der Waals surface area (Å²) < 4.78 is 26.8. The Labute approximate surface area is 144 Å². The molecule has 2 aromatic carbocycles. The lowest BCUT2D eigenvalue weighted by Gasteiger charge is -2.10. The van der Waals surface area contributed by atoms with Crippen LogP contribution in [0.25, 0.3) is 0 Å². The van der Waals surface area contributed by atoms with E-state index in [0.717, 1.165) is 21.6 Å². The lowest BCUT2D eigenvalue weighted by atomic mass is 10.1. The van der Waals surface area contributed by atoms with Crippen LogP contribution in [0.5, 0.6) is 0 Å². The number of carboxylic acids is 2. The summed E-state index contributed by atoms with van der Waals surface area (Å²) in [4.78, 5) is 22.5. The van der Waals surface area contributed by atoms with E-state index < -0.39 is 23.6 Å². The molecular formula is C16H12F2O4S2. The SMILES string of the molecule is O=C(O)Cc1ccc(F)cc1SSc1cc(F)ccc1CC(=O)O. The van der Waals surface area contributed by atoms with Crippen LogP contribution in [0.15, 0.2) is 46.2 Å². The average molecular weight is 370 g/mol. The molecule has 2 rings (SSSR count). The highest BCUT2D eigenvalue weighted by Crippen LogP contribution is 2.41. The van der Waals surface area contributed by atoms with Crippen molar-refractivity contribution in [2.75, 3.05) is 0 Å². The fourth-order valence-corrected chi connectivity index (χ4v) is 4.38. The maximum atomic E-state index is 13.4. The van der Waals surface area contributed by atoms with Gasteiger partial charge in [-0.1, -0.05) is 33.7 Å². The highest BCUT2D eigenvalue weighted by molar-refractivity contribution is 8.76. The van der Waals surface area contributed by atoms with Gasteiger partial charge in [-0.3, -0.25) is 9.59 Å². The minimum Gasteiger partial charge on any atom is -0.481 e. The summed E-state index contributed by atoms with van der Waals surface area (Å²) in [5.41, 5.74) is 0.857. The molecule has 0 bridgehead atoms. The van der Waals surface area contributed by atoms with E-state index in [4.69, 9.17) is 10.2 Å². The van der Waals surface area contributed by atoms with Crippen molar-refractivity contribution < 1.29 is 28.6 Å². The van der Waals surface area contributed by atoms with Crippen molar-refractivity contribution in [2.24, 2.45) is 0 Å². The molecule has 0 saturated heterocycles. The first-order chi connectivity index (χ1) is 11.3. The van der Waals surface area contributed by atoms with Crippen molar-refractivity contribution in [3.8, 4) is 0 Å². The van der Waals surface area contributed by atoms with Crippen molar-refractivity contribution in [2.45, 2.75) is 22.6 Å². The molecule has 2 aromatic rings. The Hall–Kier alpha value is -2.06. The quantitative estimate of drug-likeness (QED) is 0.717. The summed E-state index contributed by atoms with van der Waals surface area (Å²) in [6, 6.07) is 7.51. The number of benzene rings is 2. The molecule has 0 aliphatic carbocycles. The van der Waals surface area contributed by atoms with E-state index in [0.29, 0.717) is 20.9 Å². The standard InChI is InChI=1S/C16H12F2O4S2/c17-11-3-1-9(5-15(19)20)13(7-11)23-24-14-8-12(18)4-2-10(14)6-16(21)22/h1-4,7-8H,5-6H2,(H,19,20)(H,21,22). The van der Waals surface area contributed by atoms with Gasteiger partial charge in [-0.15, -0.1) is 0 Å². The molecule has 0 spiro atoms. The van der Waals surface area contributed by atoms with Crippen molar-refractivity contribution in [1.29, 1.82) is 0 Å². The zero-order valence-corrected chi connectivity index (χ0v) is 13.8. The number of carbonyl (C=O) groups is 2. The third kappa shape index (κ3) is 5.24. The Bertz CT molecular complexity index is 715. The van der Waals surface area contributed by atoms with Gasteiger partial charge in [-0.2, -0.15) is 0 Å². The average Bonchev–Trinajstić information content (AvgIpc) is 2.49. The van der Waals surface area contributed by atoms with Crippen LogP contribution in [0, 0.1) is 11.6 Å². The van der Waals surface area contributed by atoms with E-state index in [9.17, 15) is 18.4 Å². The molecule has 2 N–H and O–H groups in total. The van der Waals surface area contributed by atoms with Gasteiger partial charge in [-0.05, 0) is 35.4 Å². The summed E-state index contributed by atoms with van der Waals surface area (Å²) in [7, 11) is 2.12. The summed E-state index contributed by atoms with van der Waals surface area (Å²) in [6.45, 7) is 0. The molecule has 0 aromatic heterocycles. The molecule has 0 aliphatic rings. The van der Waals surface area contributed by atoms with Crippen LogP contribution in [-0.4, -0.2) is 22.2 Å². The van der Waals surface area contributed by atoms with Gasteiger partial charge in [0.15, 0.2) is 0 Å². The molecule has 8 heteroatoms. The van der Waals surface area contributed by atoms with Crippen LogP contribution in [0.3, 0.4) is 0 Å². The molecule has 0 saturated carbocycles. The largest absolute Gasteiger partial charge is 0.481 e. The lowest BCUT2D eigenvalue weighted by Crippen LogP contribution is -2.02. The van der Waals surface area contributed by atoms with Gasteiger partial charge in [0.1, 0.15) is 11.6 Å². The second kappa shape index (κ2) is 8.16. The molecule has 0 unspecified atom stereocenters. The molecule has 4 nitrogen and oxygen atoms in total. The highest BCUT2D eigenvalue weighted by Gasteiger charge is 2.13. The second-order valence-electron chi connectivity index (χ2n) is 4.81. The smallest absolute Gasteiger partial charge is 0.307 e. The van der Waals surface area contributed by atoms with Gasteiger partial charge >= 0.3 is 11.9 Å². The molecular weight excluding hydrogens is 358 g/mol. The molecule has 0 fully saturated rings. The first-order valence-electron chi connectivity index (χ1n) is 6.70. The predicted molar refractivity (Wildman–Crippen MR) is 87.2 cm³/mol. The maximum Gasteiger partial charge on any atom is 0.307 e. The number of aliphatic carboxylic acids is 2. The number of carboxylic acid groups (broad SMARTS) is 2. The van der Waals surface area contributed by atoms with Gasteiger partial charge in [0.2, 0.25) is 0 Å². The Kier molecular flexibility index (Phi) is 6.22. The zero-order chi connectivity index (χ0) is 17.7. The van der Waals surface area contributed by atoms with Crippen LogP contribution in [-0.2, 0) is 22.4 Å². The van der Waals surface area contributed by atoms with Gasteiger partial charge in [0, 0.05) is 9.79 Å². The Morgan fingerprint density at radius 1 is 0.792 bits per heavy atom. The van der Waals surface area contributed by atoms with Crippen molar-refractivity contribution in [1.82, 2.24) is 0 Å². The molecule has 0 amide bonds. The summed E-state index contributed by atoms with van der Waals surface area (Å²) in [5, 5.41) is 17.8. The van der Waals surface area contributed by atoms with Crippen LogP contribution < -0.4 is 0 Å². The Balaban J connectivity index is 2.24. The first-order valence-corrected chi connectivity index (χ1v) is 8.85. The van der Waals surface area contributed by atoms with E-state index in [2.05, 4.69) is 0 Å². The van der Waals surface area contributed by atoms with Crippen LogP contribution in [0.4, 0.5) is 8.78 Å². The van der Waals surface area contributed by atoms with E-state index in [1.165, 1.54) is 36.4 Å². The molecule has 126 valence electrons. The van der Waals surface area contributed by atoms with Crippen molar-refractivity contribution in [3.05, 3.63) is 59.2 Å². The van der Waals surface area contributed by atoms with E-state index >= 15 is 0 Å². The zero-order valence-electron chi connectivity index (χ0n) is 12.2. The normalized spacial score (nSPS) is 10.6. The summed E-state index contributed by atoms with van der Waals surface area (Å²) >= 11 is 0. The van der Waals surface area contributed by atoms with Gasteiger partial charge in [0.05, 0.1) is 12.8 Å². The lowest BCUT2D eigenvalue weighted by molar-refractivity contribution is -0.137. The summed E-state index contributed by atoms with van der Waals surface area (Å²) in [6.07, 6.45) is -0.539. The van der Waals surface area contributed by atoms with E-state index in [1.54, 1.807) is 0 Å². The minimum atomic E-state index is -1.05. The van der Waals surface area contributed by atoms with E-state index in [-0.39, 0.29) is 12.8 Å². The third-order valence-electron chi connectivity index (χ3n) is 2.96. The molecule has 0 heterocycles. The van der Waals surface area contributed by atoms with Gasteiger partial charge < -0.3 is 10.2 Å². The monoisotopic (exact) mass is 370 g/mol. The number of hydrogen-bond donors (Lipinski definition) is 2. The molecule has 0 radical (unpaired) electrons. The highest BCUT2D eigenvalue weighted by atomic mass is 33.1. The van der Waals surface area contributed by atoms with Crippen LogP contribution in [0.1, 0.15) is 11.1 Å². The molecule has 0 aliphatic heterocycles. The van der Waals surface area contributed by atoms with Crippen LogP contribution >= 0.6 is 21.6 Å². The van der Waals surface area contributed by atoms with Gasteiger partial charge in [0.25, 0.3) is 0 Å². The number of rotatable bonds is 7. The van der Waals surface area contributed by atoms with Crippen molar-refractivity contribution >= 4 is 33.5 Å². The number of hydrogen-bond acceptors (Lipinski definition) is 4. The molecule has 24 heavy (non-hydrogen) atoms. The molecule has 0 atom stereocenters. The summed E-state index contributed by atoms with van der Waals surface area (Å²) in [5.74, 6) is -3.13. The van der Waals surface area contributed by atoms with Crippen molar-refractivity contribution in [3.63, 3.8) is 0 Å². The maximum absolute atomic E-state index is 13.4. The Morgan fingerprint density at radius 3 is 1.50 bits per heavy atom. The Morgan fingerprint density at radius 2 is 1.17 bits per heavy atom. The first kappa shape index (κ1) is 18.3. The predicted octanol–water partition coefficient (Wildman–Crippen LogP) is 4.02. The van der Waals surface area contributed by atoms with Gasteiger partial charge in [-0.25, -0.2) is 8.78 Å². The fraction of sp³-hybridized carbons (Fsp3) is 0.125. The topological polar surface area (TPSA) is 74.6 Å². The van der Waals surface area contributed by atoms with Crippen LogP contribution in [0.2, 0.25) is 0 Å². The second-order valence-corrected chi connectivity index (χ2v) is 7.02. The fourth-order valence-electron chi connectivity index (χ4n) is 1.92.